The average molecular weight is 326 g/mol. The number of rotatable bonds is 3. The molecule has 0 bridgehead atoms. The van der Waals surface area contributed by atoms with Crippen molar-refractivity contribution < 1.29 is 4.39 Å². The molecule has 0 amide bonds. The van der Waals surface area contributed by atoms with E-state index in [1.807, 2.05) is 66.7 Å². The molecule has 0 spiro atoms. The van der Waals surface area contributed by atoms with Crippen LogP contribution in [0.25, 0.3) is 33.9 Å². The molecule has 0 atom stereocenters. The minimum absolute atomic E-state index is 0.260. The third kappa shape index (κ3) is 3.31. The van der Waals surface area contributed by atoms with Gasteiger partial charge >= 0.3 is 0 Å². The standard InChI is InChI=1S/C22H15FN2/c23-19-13-11-17(12-14-19)21-15-20(16-7-3-1-4-8-16)24-22(25-21)18-9-5-2-6-10-18/h1-15H. The molecule has 0 unspecified atom stereocenters. The molecule has 3 aromatic carbocycles. The van der Waals surface area contributed by atoms with Crippen LogP contribution < -0.4 is 0 Å². The van der Waals surface area contributed by atoms with Gasteiger partial charge in [-0.1, -0.05) is 60.7 Å². The zero-order chi connectivity index (χ0) is 17.1. The van der Waals surface area contributed by atoms with Crippen molar-refractivity contribution in [1.29, 1.82) is 0 Å². The summed E-state index contributed by atoms with van der Waals surface area (Å²) in [5, 5.41) is 0. The van der Waals surface area contributed by atoms with E-state index in [1.54, 1.807) is 12.1 Å². The van der Waals surface area contributed by atoms with E-state index in [4.69, 9.17) is 9.97 Å². The van der Waals surface area contributed by atoms with Crippen LogP contribution in [0.1, 0.15) is 0 Å². The Morgan fingerprint density at radius 2 is 1.00 bits per heavy atom. The Labute approximate surface area is 145 Å². The molecule has 25 heavy (non-hydrogen) atoms. The van der Waals surface area contributed by atoms with Crippen molar-refractivity contribution in [2.24, 2.45) is 0 Å². The summed E-state index contributed by atoms with van der Waals surface area (Å²) in [6.45, 7) is 0. The van der Waals surface area contributed by atoms with Crippen LogP contribution in [0.2, 0.25) is 0 Å². The number of halogens is 1. The first-order valence-corrected chi connectivity index (χ1v) is 8.05. The van der Waals surface area contributed by atoms with Crippen LogP contribution in [-0.4, -0.2) is 9.97 Å². The Bertz CT molecular complexity index is 924. The lowest BCUT2D eigenvalue weighted by Crippen LogP contribution is -1.95. The highest BCUT2D eigenvalue weighted by Crippen LogP contribution is 2.27. The van der Waals surface area contributed by atoms with Crippen LogP contribution in [0.5, 0.6) is 0 Å². The summed E-state index contributed by atoms with van der Waals surface area (Å²) in [6, 6.07) is 28.1. The number of hydrogen-bond acceptors (Lipinski definition) is 2. The fourth-order valence-corrected chi connectivity index (χ4v) is 2.69. The first kappa shape index (κ1) is 15.2. The van der Waals surface area contributed by atoms with Gasteiger partial charge in [0.1, 0.15) is 5.82 Å². The lowest BCUT2D eigenvalue weighted by atomic mass is 10.1. The summed E-state index contributed by atoms with van der Waals surface area (Å²) in [6.07, 6.45) is 0. The fourth-order valence-electron chi connectivity index (χ4n) is 2.69. The highest BCUT2D eigenvalue weighted by Gasteiger charge is 2.10. The number of hydrogen-bond donors (Lipinski definition) is 0. The summed E-state index contributed by atoms with van der Waals surface area (Å²) >= 11 is 0. The lowest BCUT2D eigenvalue weighted by Gasteiger charge is -2.09. The predicted molar refractivity (Wildman–Crippen MR) is 98.3 cm³/mol. The van der Waals surface area contributed by atoms with E-state index in [9.17, 15) is 4.39 Å². The molecule has 0 aliphatic heterocycles. The minimum Gasteiger partial charge on any atom is -0.228 e. The van der Waals surface area contributed by atoms with E-state index in [0.717, 1.165) is 28.1 Å². The third-order valence-corrected chi connectivity index (χ3v) is 3.97. The summed E-state index contributed by atoms with van der Waals surface area (Å²) < 4.78 is 13.3. The highest BCUT2D eigenvalue weighted by molar-refractivity contribution is 5.71. The summed E-state index contributed by atoms with van der Waals surface area (Å²) in [5.74, 6) is 0.394. The maximum atomic E-state index is 13.3. The predicted octanol–water partition coefficient (Wildman–Crippen LogP) is 5.62. The number of nitrogens with zero attached hydrogens (tertiary/aromatic N) is 2. The van der Waals surface area contributed by atoms with Gasteiger partial charge in [0.25, 0.3) is 0 Å². The van der Waals surface area contributed by atoms with E-state index >= 15 is 0 Å². The second kappa shape index (κ2) is 6.65. The van der Waals surface area contributed by atoms with Gasteiger partial charge in [-0.25, -0.2) is 14.4 Å². The third-order valence-electron chi connectivity index (χ3n) is 3.97. The molecule has 0 aliphatic rings. The van der Waals surface area contributed by atoms with E-state index in [2.05, 4.69) is 0 Å². The Hall–Kier alpha value is -3.33. The van der Waals surface area contributed by atoms with Gasteiger partial charge in [0.05, 0.1) is 11.4 Å². The van der Waals surface area contributed by atoms with E-state index in [1.165, 1.54) is 12.1 Å². The molecule has 0 saturated carbocycles. The van der Waals surface area contributed by atoms with Gasteiger partial charge < -0.3 is 0 Å². The molecule has 1 aromatic heterocycles. The molecular weight excluding hydrogens is 311 g/mol. The van der Waals surface area contributed by atoms with Gasteiger partial charge in [-0.15, -0.1) is 0 Å². The zero-order valence-corrected chi connectivity index (χ0v) is 13.4. The molecule has 3 heteroatoms. The van der Waals surface area contributed by atoms with Crippen LogP contribution in [0.4, 0.5) is 4.39 Å². The van der Waals surface area contributed by atoms with E-state index in [0.29, 0.717) is 5.82 Å². The van der Waals surface area contributed by atoms with Gasteiger partial charge in [-0.05, 0) is 30.3 Å². The quantitative estimate of drug-likeness (QED) is 0.488. The molecule has 2 nitrogen and oxygen atoms in total. The summed E-state index contributed by atoms with van der Waals surface area (Å²) in [4.78, 5) is 9.43. The molecule has 0 fully saturated rings. The van der Waals surface area contributed by atoms with Gasteiger partial charge in [0.2, 0.25) is 0 Å². The van der Waals surface area contributed by atoms with E-state index < -0.39 is 0 Å². The van der Waals surface area contributed by atoms with Crippen molar-refractivity contribution in [2.45, 2.75) is 0 Å². The van der Waals surface area contributed by atoms with Crippen LogP contribution >= 0.6 is 0 Å². The molecule has 0 N–H and O–H groups in total. The van der Waals surface area contributed by atoms with Gasteiger partial charge in [0.15, 0.2) is 5.82 Å². The average Bonchev–Trinajstić information content (AvgIpc) is 2.69. The van der Waals surface area contributed by atoms with Gasteiger partial charge in [0, 0.05) is 16.7 Å². The molecule has 0 saturated heterocycles. The highest BCUT2D eigenvalue weighted by atomic mass is 19.1. The molecule has 0 radical (unpaired) electrons. The minimum atomic E-state index is -0.260. The molecule has 4 rings (SSSR count). The molecule has 1 heterocycles. The Morgan fingerprint density at radius 3 is 1.56 bits per heavy atom. The van der Waals surface area contributed by atoms with Crippen molar-refractivity contribution in [3.8, 4) is 33.9 Å². The molecule has 0 aliphatic carbocycles. The van der Waals surface area contributed by atoms with Crippen molar-refractivity contribution in [3.63, 3.8) is 0 Å². The maximum Gasteiger partial charge on any atom is 0.160 e. The maximum absolute atomic E-state index is 13.3. The van der Waals surface area contributed by atoms with Crippen molar-refractivity contribution in [1.82, 2.24) is 9.97 Å². The van der Waals surface area contributed by atoms with Crippen LogP contribution in [0, 0.1) is 5.82 Å². The topological polar surface area (TPSA) is 25.8 Å². The number of aromatic nitrogens is 2. The smallest absolute Gasteiger partial charge is 0.160 e. The lowest BCUT2D eigenvalue weighted by molar-refractivity contribution is 0.628. The van der Waals surface area contributed by atoms with Crippen molar-refractivity contribution in [3.05, 3.63) is 96.8 Å². The largest absolute Gasteiger partial charge is 0.228 e. The van der Waals surface area contributed by atoms with E-state index in [-0.39, 0.29) is 5.82 Å². The normalized spacial score (nSPS) is 10.6. The van der Waals surface area contributed by atoms with Gasteiger partial charge in [-0.3, -0.25) is 0 Å². The Balaban J connectivity index is 1.90. The molecule has 4 aromatic rings. The molecule has 120 valence electrons. The van der Waals surface area contributed by atoms with Crippen molar-refractivity contribution >= 4 is 0 Å². The van der Waals surface area contributed by atoms with Crippen LogP contribution in [0.3, 0.4) is 0 Å². The Kier molecular flexibility index (Phi) is 4.05. The Morgan fingerprint density at radius 1 is 0.520 bits per heavy atom. The monoisotopic (exact) mass is 326 g/mol. The second-order valence-electron chi connectivity index (χ2n) is 5.70. The summed E-state index contributed by atoms with van der Waals surface area (Å²) in [5.41, 5.74) is 4.44. The SMILES string of the molecule is Fc1ccc(-c2cc(-c3ccccc3)nc(-c3ccccc3)n2)cc1. The zero-order valence-electron chi connectivity index (χ0n) is 13.4. The van der Waals surface area contributed by atoms with Crippen molar-refractivity contribution in [2.75, 3.05) is 0 Å². The van der Waals surface area contributed by atoms with Crippen LogP contribution in [0.15, 0.2) is 91.0 Å². The van der Waals surface area contributed by atoms with Crippen LogP contribution in [-0.2, 0) is 0 Å². The first-order valence-electron chi connectivity index (χ1n) is 8.05. The fraction of sp³-hybridized carbons (Fsp3) is 0. The summed E-state index contributed by atoms with van der Waals surface area (Å²) in [7, 11) is 0. The first-order chi connectivity index (χ1) is 12.3. The van der Waals surface area contributed by atoms with Gasteiger partial charge in [-0.2, -0.15) is 0 Å². The number of benzene rings is 3. The second-order valence-corrected chi connectivity index (χ2v) is 5.70. The molecular formula is C22H15FN2.